The smallest absolute Gasteiger partial charge is 0.405 e. The number of hydrogen-bond acceptors (Lipinski definition) is 14. The number of aromatic amines is 2. The minimum Gasteiger partial charge on any atom is -0.508 e. The molecule has 4 aromatic rings. The van der Waals surface area contributed by atoms with Crippen molar-refractivity contribution < 1.29 is 71.3 Å². The highest BCUT2D eigenvalue weighted by Crippen LogP contribution is 2.23. The van der Waals surface area contributed by atoms with E-state index < -0.39 is 133 Å². The molecule has 0 saturated carbocycles. The van der Waals surface area contributed by atoms with Crippen molar-refractivity contribution in [3.63, 3.8) is 0 Å². The number of aromatic nitrogens is 3. The van der Waals surface area contributed by atoms with E-state index in [1.807, 2.05) is 12.2 Å². The summed E-state index contributed by atoms with van der Waals surface area (Å²) in [5, 5.41) is 41.8. The molecule has 2 aromatic carbocycles. The minimum atomic E-state index is -4.72. The molecule has 0 radical (unpaired) electrons. The average molecular weight is 1270 g/mol. The van der Waals surface area contributed by atoms with Gasteiger partial charge in [-0.3, -0.25) is 52.9 Å². The Morgan fingerprint density at radius 2 is 1.33 bits per heavy atom. The first-order chi connectivity index (χ1) is 42.7. The maximum Gasteiger partial charge on any atom is 0.405 e. The van der Waals surface area contributed by atoms with Crippen LogP contribution in [0, 0.1) is 5.92 Å². The highest BCUT2D eigenvalue weighted by molar-refractivity contribution is 5.99. The van der Waals surface area contributed by atoms with Crippen molar-refractivity contribution in [1.82, 2.24) is 67.3 Å². The molecule has 8 atom stereocenters. The Bertz CT molecular complexity index is 3120. The topological polar surface area (TPSA) is 423 Å². The van der Waals surface area contributed by atoms with Gasteiger partial charge in [-0.05, 0) is 73.8 Å². The second kappa shape index (κ2) is 34.5. The molecular weight excluding hydrogens is 1180 g/mol. The van der Waals surface area contributed by atoms with Crippen molar-refractivity contribution in [2.24, 2.45) is 22.4 Å². The predicted molar refractivity (Wildman–Crippen MR) is 323 cm³/mol. The number of halogens is 3. The van der Waals surface area contributed by atoms with E-state index in [2.05, 4.69) is 57.2 Å². The average Bonchev–Trinajstić information content (AvgIpc) is 3.08. The van der Waals surface area contributed by atoms with E-state index in [1.165, 1.54) is 50.8 Å². The Balaban J connectivity index is 1.39. The summed E-state index contributed by atoms with van der Waals surface area (Å²) in [6, 6.07) is 1.14. The Labute approximate surface area is 517 Å². The molecule has 3 heterocycles. The lowest BCUT2D eigenvalue weighted by Crippen LogP contribution is -2.61. The van der Waals surface area contributed by atoms with Gasteiger partial charge in [0.2, 0.25) is 59.1 Å². The standard InChI is InChI=1S/C59H83F3N16O12/c1-6-7-13-41(50(83)73-43(23-33(2)3)51(84)72-42(15-10-21-66-58(63)64)57(90)78-22-11-16-48(78)56(89)68-31-59(60,61)62)71-52(85)44(24-35-17-19-38(81)20-18-35)74-55(88)47(30-79)76-53(86)45(25-36-27-67-40-14-9-8-12-39(36)40)75-54(87)46(26-37-28-65-32-69-37)70-49(82)29-77(5)34(4)80/h8-9,12,14,17-20,27-28,32-33,41-48,67,79,81H,6-7,10-11,13,15-16,21-26,29-31H2,1-5H3,(H,65,69)(H,68,89)(H,70,82)(H,71,85)(H,72,84)(H,73,83)(H,74,88)(H,75,87)(H,76,86)(H4,63,64,66)/t41-,42+,43+,44+,45+,46+,47+,48+/m1/s1. The molecule has 31 heteroatoms. The van der Waals surface area contributed by atoms with Gasteiger partial charge in [0.05, 0.1) is 19.5 Å². The molecule has 0 unspecified atom stereocenters. The molecule has 0 bridgehead atoms. The second-order valence-electron chi connectivity index (χ2n) is 22.5. The van der Waals surface area contributed by atoms with Crippen LogP contribution in [0.1, 0.15) is 95.9 Å². The van der Waals surface area contributed by atoms with Crippen molar-refractivity contribution in [3.8, 4) is 5.75 Å². The summed E-state index contributed by atoms with van der Waals surface area (Å²) in [5.41, 5.74) is 13.1. The minimum absolute atomic E-state index is 0.00334. The van der Waals surface area contributed by atoms with Crippen LogP contribution in [0.3, 0.4) is 0 Å². The van der Waals surface area contributed by atoms with E-state index in [1.54, 1.807) is 44.3 Å². The molecule has 2 aromatic heterocycles. The molecule has 10 amide bonds. The van der Waals surface area contributed by atoms with Gasteiger partial charge in [0, 0.05) is 75.3 Å². The van der Waals surface area contributed by atoms with Gasteiger partial charge in [0.25, 0.3) is 0 Å². The fourth-order valence-corrected chi connectivity index (χ4v) is 9.98. The summed E-state index contributed by atoms with van der Waals surface area (Å²) in [6.07, 6.45) is 0.316. The number of aliphatic imine (C=N–C) groups is 1. The number of nitrogens with one attached hydrogen (secondary N) is 10. The van der Waals surface area contributed by atoms with Crippen LogP contribution >= 0.6 is 0 Å². The Morgan fingerprint density at radius 1 is 0.756 bits per heavy atom. The van der Waals surface area contributed by atoms with E-state index in [-0.39, 0.29) is 88.5 Å². The lowest BCUT2D eigenvalue weighted by molar-refractivity contribution is -0.146. The normalized spacial score (nSPS) is 15.4. The number of aliphatic hydroxyl groups is 1. The third-order valence-corrected chi connectivity index (χ3v) is 14.8. The number of carbonyl (C=O) groups is 10. The summed E-state index contributed by atoms with van der Waals surface area (Å²) in [6.45, 7) is 3.54. The summed E-state index contributed by atoms with van der Waals surface area (Å²) in [5.74, 6) is -9.10. The van der Waals surface area contributed by atoms with Crippen LogP contribution < -0.4 is 54.0 Å². The van der Waals surface area contributed by atoms with Crippen molar-refractivity contribution in [1.29, 1.82) is 0 Å². The third kappa shape index (κ3) is 22.7. The first-order valence-corrected chi connectivity index (χ1v) is 29.6. The molecule has 5 rings (SSSR count). The molecular formula is C59H83F3N16O12. The largest absolute Gasteiger partial charge is 0.508 e. The van der Waals surface area contributed by atoms with Gasteiger partial charge >= 0.3 is 6.18 Å². The number of amides is 10. The van der Waals surface area contributed by atoms with E-state index in [4.69, 9.17) is 11.5 Å². The van der Waals surface area contributed by atoms with Gasteiger partial charge in [-0.25, -0.2) is 4.98 Å². The molecule has 16 N–H and O–H groups in total. The van der Waals surface area contributed by atoms with Crippen LogP contribution in [0.15, 0.2) is 72.2 Å². The molecule has 28 nitrogen and oxygen atoms in total. The number of phenols is 1. The van der Waals surface area contributed by atoms with Gasteiger partial charge in [-0.2, -0.15) is 13.2 Å². The lowest BCUT2D eigenvalue weighted by atomic mass is 10.00. The molecule has 1 fully saturated rings. The summed E-state index contributed by atoms with van der Waals surface area (Å²) in [4.78, 5) is 155. The number of aliphatic hydroxyl groups excluding tert-OH is 1. The van der Waals surface area contributed by atoms with E-state index in [9.17, 15) is 71.3 Å². The fourth-order valence-electron chi connectivity index (χ4n) is 9.98. The number of benzene rings is 2. The van der Waals surface area contributed by atoms with Crippen LogP contribution in [0.4, 0.5) is 13.2 Å². The summed E-state index contributed by atoms with van der Waals surface area (Å²) >= 11 is 0. The number of aromatic hydroxyl groups is 1. The number of hydrogen-bond donors (Lipinski definition) is 14. The number of rotatable bonds is 34. The predicted octanol–water partition coefficient (Wildman–Crippen LogP) is -0.552. The van der Waals surface area contributed by atoms with Crippen LogP contribution in [-0.4, -0.2) is 194 Å². The number of carbonyl (C=O) groups excluding carboxylic acids is 10. The third-order valence-electron chi connectivity index (χ3n) is 14.8. The zero-order valence-corrected chi connectivity index (χ0v) is 50.9. The Hall–Kier alpha value is -9.29. The molecule has 492 valence electrons. The fraction of sp³-hybridized carbons (Fsp3) is 0.525. The van der Waals surface area contributed by atoms with Crippen LogP contribution in [0.2, 0.25) is 0 Å². The number of phenolic OH excluding ortho intramolecular Hbond substituents is 1. The monoisotopic (exact) mass is 1260 g/mol. The first-order valence-electron chi connectivity index (χ1n) is 29.6. The number of likely N-dealkylation sites (tertiary alicyclic amines) is 1. The number of fused-ring (bicyclic) bond motifs is 1. The number of guanidine groups is 1. The molecule has 0 aliphatic carbocycles. The summed E-state index contributed by atoms with van der Waals surface area (Å²) < 4.78 is 39.2. The number of imidazole rings is 1. The number of H-pyrrole nitrogens is 2. The number of nitrogens with two attached hydrogens (primary N) is 2. The van der Waals surface area contributed by atoms with Crippen molar-refractivity contribution in [3.05, 3.63) is 84.1 Å². The molecule has 90 heavy (non-hydrogen) atoms. The zero-order chi connectivity index (χ0) is 66.2. The van der Waals surface area contributed by atoms with Crippen molar-refractivity contribution in [2.75, 3.05) is 39.8 Å². The quantitative estimate of drug-likeness (QED) is 0.0159. The first kappa shape index (κ1) is 71.5. The van der Waals surface area contributed by atoms with Gasteiger partial charge in [0.15, 0.2) is 5.96 Å². The van der Waals surface area contributed by atoms with Gasteiger partial charge in [-0.15, -0.1) is 0 Å². The number of nitrogens with zero attached hydrogens (tertiary/aromatic N) is 4. The van der Waals surface area contributed by atoms with Crippen LogP contribution in [0.5, 0.6) is 5.75 Å². The number of para-hydroxylation sites is 1. The second-order valence-corrected chi connectivity index (χ2v) is 22.5. The van der Waals surface area contributed by atoms with Crippen LogP contribution in [0.25, 0.3) is 10.9 Å². The Morgan fingerprint density at radius 3 is 1.94 bits per heavy atom. The highest BCUT2D eigenvalue weighted by atomic mass is 19.4. The maximum atomic E-state index is 14.7. The van der Waals surface area contributed by atoms with Gasteiger partial charge in [0.1, 0.15) is 60.6 Å². The summed E-state index contributed by atoms with van der Waals surface area (Å²) in [7, 11) is 1.39. The highest BCUT2D eigenvalue weighted by Gasteiger charge is 2.41. The van der Waals surface area contributed by atoms with E-state index >= 15 is 0 Å². The lowest BCUT2D eigenvalue weighted by Gasteiger charge is -2.30. The van der Waals surface area contributed by atoms with Gasteiger partial charge in [-0.1, -0.05) is 63.9 Å². The SMILES string of the molecule is CCCC[C@@H](NC(=O)[C@H](Cc1ccc(O)cc1)NC(=O)[C@H](CO)NC(=O)[C@H](Cc1c[nH]c2ccccc12)NC(=O)[C@H](Cc1cnc[nH]1)NC(=O)CN(C)C(C)=O)C(=O)N[C@@H](CC(C)C)C(=O)N[C@@H](CCCN=C(N)N)C(=O)N1CCC[C@H]1C(=O)NCC(F)(F)F. The van der Waals surface area contributed by atoms with Crippen molar-refractivity contribution >= 4 is 75.9 Å². The van der Waals surface area contributed by atoms with E-state index in [0.29, 0.717) is 40.6 Å². The number of alkyl halides is 3. The molecule has 1 aliphatic heterocycles. The maximum absolute atomic E-state index is 14.7. The Kier molecular flexibility index (Phi) is 27.4. The van der Waals surface area contributed by atoms with E-state index in [0.717, 1.165) is 9.80 Å². The van der Waals surface area contributed by atoms with Crippen LogP contribution in [-0.2, 0) is 67.2 Å². The molecule has 0 spiro atoms. The van der Waals surface area contributed by atoms with Crippen molar-refractivity contribution in [2.45, 2.75) is 153 Å². The number of unbranched alkanes of at least 4 members (excludes halogenated alkanes) is 1. The molecule has 1 saturated heterocycles. The number of likely N-dealkylation sites (N-methyl/N-ethyl adjacent to an activating group) is 1. The zero-order valence-electron chi connectivity index (χ0n) is 50.9. The van der Waals surface area contributed by atoms with Gasteiger partial charge < -0.3 is 84.0 Å². The molecule has 1 aliphatic rings.